The average Bonchev–Trinajstić information content (AvgIpc) is 2.35. The molecule has 0 aliphatic heterocycles. The van der Waals surface area contributed by atoms with Crippen molar-refractivity contribution in [3.8, 4) is 5.75 Å². The summed E-state index contributed by atoms with van der Waals surface area (Å²) < 4.78 is 5.21. The Morgan fingerprint density at radius 3 is 2.72 bits per heavy atom. The number of hydrogen-bond acceptors (Lipinski definition) is 3. The quantitative estimate of drug-likeness (QED) is 0.860. The van der Waals surface area contributed by atoms with Gasteiger partial charge in [-0.2, -0.15) is 0 Å². The molecule has 3 N–H and O–H groups in total. The van der Waals surface area contributed by atoms with E-state index in [9.17, 15) is 4.79 Å². The monoisotopic (exact) mass is 270 g/mol. The predicted octanol–water partition coefficient (Wildman–Crippen LogP) is 1.95. The van der Waals surface area contributed by atoms with Crippen molar-refractivity contribution in [2.75, 3.05) is 7.11 Å². The number of ether oxygens (including phenoxy) is 1. The molecule has 5 heteroatoms. The molecule has 0 radical (unpaired) electrons. The van der Waals surface area contributed by atoms with E-state index in [0.717, 1.165) is 5.56 Å². The molecule has 0 saturated heterocycles. The average molecular weight is 271 g/mol. The molecule has 1 rings (SSSR count). The molecule has 1 amide bonds. The first-order chi connectivity index (χ1) is 8.47. The third kappa shape index (κ3) is 3.62. The van der Waals surface area contributed by atoms with Gasteiger partial charge in [-0.1, -0.05) is 24.6 Å². The highest BCUT2D eigenvalue weighted by molar-refractivity contribution is 6.31. The van der Waals surface area contributed by atoms with Gasteiger partial charge < -0.3 is 15.8 Å². The van der Waals surface area contributed by atoms with E-state index >= 15 is 0 Å². The predicted molar refractivity (Wildman–Crippen MR) is 72.7 cm³/mol. The van der Waals surface area contributed by atoms with Gasteiger partial charge in [-0.05, 0) is 19.1 Å². The van der Waals surface area contributed by atoms with Crippen molar-refractivity contribution < 1.29 is 9.53 Å². The van der Waals surface area contributed by atoms with Crippen LogP contribution in [0, 0.1) is 5.92 Å². The Balaban J connectivity index is 2.72. The fourth-order valence-corrected chi connectivity index (χ4v) is 1.71. The van der Waals surface area contributed by atoms with Gasteiger partial charge in [-0.3, -0.25) is 4.79 Å². The minimum absolute atomic E-state index is 0.0908. The molecular weight excluding hydrogens is 252 g/mol. The number of benzene rings is 1. The zero-order valence-corrected chi connectivity index (χ0v) is 11.6. The molecular formula is C13H19ClN2O2. The van der Waals surface area contributed by atoms with E-state index in [2.05, 4.69) is 5.32 Å². The molecule has 0 fully saturated rings. The summed E-state index contributed by atoms with van der Waals surface area (Å²) in [6.45, 7) is 3.93. The highest BCUT2D eigenvalue weighted by Gasteiger charge is 2.17. The van der Waals surface area contributed by atoms with Crippen molar-refractivity contribution in [2.24, 2.45) is 11.7 Å². The largest absolute Gasteiger partial charge is 0.496 e. The third-order valence-electron chi connectivity index (χ3n) is 2.94. The molecule has 1 aromatic carbocycles. The summed E-state index contributed by atoms with van der Waals surface area (Å²) in [6.07, 6.45) is 0. The maximum atomic E-state index is 11.8. The summed E-state index contributed by atoms with van der Waals surface area (Å²) in [6, 6.07) is 5.19. The van der Waals surface area contributed by atoms with Gasteiger partial charge in [0, 0.05) is 29.1 Å². The summed E-state index contributed by atoms with van der Waals surface area (Å²) >= 11 is 6.08. The van der Waals surface area contributed by atoms with Gasteiger partial charge in [0.1, 0.15) is 5.75 Å². The second-order valence-corrected chi connectivity index (χ2v) is 4.69. The van der Waals surface area contributed by atoms with E-state index in [4.69, 9.17) is 22.1 Å². The normalized spacial score (nSPS) is 13.8. The summed E-state index contributed by atoms with van der Waals surface area (Å²) in [4.78, 5) is 11.8. The van der Waals surface area contributed by atoms with Crippen LogP contribution >= 0.6 is 11.6 Å². The molecule has 0 bridgehead atoms. The van der Waals surface area contributed by atoms with Crippen molar-refractivity contribution in [3.63, 3.8) is 0 Å². The number of hydrogen-bond donors (Lipinski definition) is 2. The first-order valence-corrected chi connectivity index (χ1v) is 6.19. The molecule has 2 atom stereocenters. The SMILES string of the molecule is COc1cccc(Cl)c1CNC(=O)C(C)C(C)N. The number of carbonyl (C=O) groups is 1. The van der Waals surface area contributed by atoms with Crippen molar-refractivity contribution in [1.82, 2.24) is 5.32 Å². The Morgan fingerprint density at radius 2 is 2.17 bits per heavy atom. The first kappa shape index (κ1) is 14.8. The van der Waals surface area contributed by atoms with Crippen LogP contribution in [0.5, 0.6) is 5.75 Å². The van der Waals surface area contributed by atoms with Gasteiger partial charge in [0.05, 0.1) is 7.11 Å². The lowest BCUT2D eigenvalue weighted by Crippen LogP contribution is -2.38. The maximum Gasteiger partial charge on any atom is 0.224 e. The summed E-state index contributed by atoms with van der Waals surface area (Å²) in [7, 11) is 1.57. The number of nitrogens with one attached hydrogen (secondary N) is 1. The van der Waals surface area contributed by atoms with Gasteiger partial charge in [0.2, 0.25) is 5.91 Å². The maximum absolute atomic E-state index is 11.8. The fraction of sp³-hybridized carbons (Fsp3) is 0.462. The van der Waals surface area contributed by atoms with Crippen LogP contribution in [0.2, 0.25) is 5.02 Å². The Bertz CT molecular complexity index is 421. The number of nitrogens with two attached hydrogens (primary N) is 1. The van der Waals surface area contributed by atoms with E-state index in [1.807, 2.05) is 6.07 Å². The molecule has 18 heavy (non-hydrogen) atoms. The van der Waals surface area contributed by atoms with Crippen LogP contribution in [0.3, 0.4) is 0 Å². The molecule has 1 aromatic rings. The first-order valence-electron chi connectivity index (χ1n) is 5.82. The lowest BCUT2D eigenvalue weighted by molar-refractivity contribution is -0.125. The van der Waals surface area contributed by atoms with Crippen molar-refractivity contribution in [3.05, 3.63) is 28.8 Å². The number of rotatable bonds is 5. The smallest absolute Gasteiger partial charge is 0.224 e. The van der Waals surface area contributed by atoms with Crippen molar-refractivity contribution in [1.29, 1.82) is 0 Å². The highest BCUT2D eigenvalue weighted by Crippen LogP contribution is 2.25. The topological polar surface area (TPSA) is 64.3 Å². The minimum atomic E-state index is -0.238. The van der Waals surface area contributed by atoms with Crippen molar-refractivity contribution >= 4 is 17.5 Å². The van der Waals surface area contributed by atoms with E-state index < -0.39 is 0 Å². The molecule has 4 nitrogen and oxygen atoms in total. The van der Waals surface area contributed by atoms with Crippen molar-refractivity contribution in [2.45, 2.75) is 26.4 Å². The van der Waals surface area contributed by atoms with Crippen LogP contribution in [0.4, 0.5) is 0 Å². The lowest BCUT2D eigenvalue weighted by Gasteiger charge is -2.16. The standard InChI is InChI=1S/C13H19ClN2O2/c1-8(9(2)15)13(17)16-7-10-11(14)5-4-6-12(10)18-3/h4-6,8-9H,7,15H2,1-3H3,(H,16,17). The fourth-order valence-electron chi connectivity index (χ4n) is 1.48. The second-order valence-electron chi connectivity index (χ2n) is 4.29. The lowest BCUT2D eigenvalue weighted by atomic mass is 10.0. The summed E-state index contributed by atoms with van der Waals surface area (Å²) in [5, 5.41) is 3.38. The number of amides is 1. The molecule has 0 heterocycles. The van der Waals surface area contributed by atoms with Crippen LogP contribution < -0.4 is 15.8 Å². The van der Waals surface area contributed by atoms with E-state index in [-0.39, 0.29) is 17.9 Å². The van der Waals surface area contributed by atoms with Crippen LogP contribution in [0.25, 0.3) is 0 Å². The van der Waals surface area contributed by atoms with Gasteiger partial charge in [-0.15, -0.1) is 0 Å². The molecule has 100 valence electrons. The molecule has 0 aromatic heterocycles. The minimum Gasteiger partial charge on any atom is -0.496 e. The number of halogens is 1. The summed E-state index contributed by atoms with van der Waals surface area (Å²) in [5.74, 6) is 0.335. The number of methoxy groups -OCH3 is 1. The highest BCUT2D eigenvalue weighted by atomic mass is 35.5. The van der Waals surface area contributed by atoms with Crippen LogP contribution in [-0.2, 0) is 11.3 Å². The van der Waals surface area contributed by atoms with Gasteiger partial charge in [-0.25, -0.2) is 0 Å². The second kappa shape index (κ2) is 6.61. The summed E-state index contributed by atoms with van der Waals surface area (Å²) in [5.41, 5.74) is 6.45. The molecule has 0 aliphatic rings. The zero-order valence-electron chi connectivity index (χ0n) is 10.9. The Morgan fingerprint density at radius 1 is 1.50 bits per heavy atom. The molecule has 0 spiro atoms. The van der Waals surface area contributed by atoms with E-state index in [1.165, 1.54) is 0 Å². The Kier molecular flexibility index (Phi) is 5.44. The Hall–Kier alpha value is -1.26. The van der Waals surface area contributed by atoms with E-state index in [0.29, 0.717) is 17.3 Å². The van der Waals surface area contributed by atoms with Gasteiger partial charge >= 0.3 is 0 Å². The Labute approximate surface area is 112 Å². The van der Waals surface area contributed by atoms with Crippen LogP contribution in [0.1, 0.15) is 19.4 Å². The molecule has 0 saturated carbocycles. The van der Waals surface area contributed by atoms with Crippen LogP contribution in [0.15, 0.2) is 18.2 Å². The molecule has 2 unspecified atom stereocenters. The zero-order chi connectivity index (χ0) is 13.7. The number of carbonyl (C=O) groups excluding carboxylic acids is 1. The van der Waals surface area contributed by atoms with Gasteiger partial charge in [0.25, 0.3) is 0 Å². The van der Waals surface area contributed by atoms with E-state index in [1.54, 1.807) is 33.1 Å². The van der Waals surface area contributed by atoms with Crippen LogP contribution in [-0.4, -0.2) is 19.1 Å². The van der Waals surface area contributed by atoms with Gasteiger partial charge in [0.15, 0.2) is 0 Å². The third-order valence-corrected chi connectivity index (χ3v) is 3.29. The molecule has 0 aliphatic carbocycles.